The number of guanidine groups is 1. The Kier molecular flexibility index (Phi) is 5.82. The van der Waals surface area contributed by atoms with Gasteiger partial charge in [0.1, 0.15) is 0 Å². The van der Waals surface area contributed by atoms with Gasteiger partial charge in [-0.05, 0) is 30.5 Å². The molecule has 4 rings (SSSR count). The minimum absolute atomic E-state index is 0.126. The molecule has 1 aliphatic heterocycles. The number of ether oxygens (including phenoxy) is 1. The third-order valence-electron chi connectivity index (χ3n) is 5.13. The van der Waals surface area contributed by atoms with Crippen molar-refractivity contribution in [1.82, 2.24) is 25.2 Å². The van der Waals surface area contributed by atoms with Gasteiger partial charge >= 0.3 is 0 Å². The van der Waals surface area contributed by atoms with Crippen molar-refractivity contribution in [3.05, 3.63) is 66.1 Å². The number of pyridine rings is 1. The summed E-state index contributed by atoms with van der Waals surface area (Å²) >= 11 is 0. The van der Waals surface area contributed by atoms with E-state index in [1.54, 1.807) is 7.05 Å². The van der Waals surface area contributed by atoms with E-state index in [2.05, 4.69) is 50.1 Å². The molecule has 3 aromatic rings. The fourth-order valence-corrected chi connectivity index (χ4v) is 3.69. The highest BCUT2D eigenvalue weighted by molar-refractivity contribution is 5.79. The average molecular weight is 378 g/mol. The summed E-state index contributed by atoms with van der Waals surface area (Å²) in [6.07, 6.45) is 4.32. The summed E-state index contributed by atoms with van der Waals surface area (Å²) in [7, 11) is 1.78. The number of aromatic nitrogens is 3. The minimum Gasteiger partial charge on any atom is -0.373 e. The Labute approximate surface area is 164 Å². The molecule has 2 unspecified atom stereocenters. The predicted octanol–water partition coefficient (Wildman–Crippen LogP) is 2.56. The second-order valence-corrected chi connectivity index (χ2v) is 6.96. The molecule has 0 radical (unpaired) electrons. The van der Waals surface area contributed by atoms with Crippen LogP contribution in [0.25, 0.3) is 5.65 Å². The maximum atomic E-state index is 6.09. The SMILES string of the molecule is CN=C(NCc1nnc2ccccn12)NCC1CCCOC1c1ccccc1. The molecule has 146 valence electrons. The van der Waals surface area contributed by atoms with Gasteiger partial charge in [-0.1, -0.05) is 36.4 Å². The summed E-state index contributed by atoms with van der Waals surface area (Å²) in [5.41, 5.74) is 2.08. The van der Waals surface area contributed by atoms with E-state index < -0.39 is 0 Å². The number of fused-ring (bicyclic) bond motifs is 1. The zero-order chi connectivity index (χ0) is 19.2. The van der Waals surface area contributed by atoms with E-state index >= 15 is 0 Å². The topological polar surface area (TPSA) is 75.8 Å². The number of rotatable bonds is 5. The number of hydrogen-bond acceptors (Lipinski definition) is 4. The Bertz CT molecular complexity index is 923. The number of aliphatic imine (C=N–C) groups is 1. The predicted molar refractivity (Wildman–Crippen MR) is 109 cm³/mol. The molecule has 0 amide bonds. The number of nitrogens with zero attached hydrogens (tertiary/aromatic N) is 4. The first kappa shape index (κ1) is 18.4. The highest BCUT2D eigenvalue weighted by atomic mass is 16.5. The Hall–Kier alpha value is -2.93. The molecule has 7 heteroatoms. The average Bonchev–Trinajstić information content (AvgIpc) is 3.18. The molecule has 0 aliphatic carbocycles. The Morgan fingerprint density at radius 3 is 2.86 bits per heavy atom. The monoisotopic (exact) mass is 378 g/mol. The molecule has 0 bridgehead atoms. The molecule has 1 saturated heterocycles. The summed E-state index contributed by atoms with van der Waals surface area (Å²) in [6.45, 7) is 2.18. The summed E-state index contributed by atoms with van der Waals surface area (Å²) in [5, 5.41) is 15.2. The molecule has 1 fully saturated rings. The summed E-state index contributed by atoms with van der Waals surface area (Å²) in [6, 6.07) is 16.3. The van der Waals surface area contributed by atoms with Crippen molar-refractivity contribution in [3.63, 3.8) is 0 Å². The van der Waals surface area contributed by atoms with E-state index in [4.69, 9.17) is 4.74 Å². The molecule has 2 aromatic heterocycles. The van der Waals surface area contributed by atoms with E-state index in [1.807, 2.05) is 34.9 Å². The second-order valence-electron chi connectivity index (χ2n) is 6.96. The maximum absolute atomic E-state index is 6.09. The van der Waals surface area contributed by atoms with Crippen LogP contribution in [0.4, 0.5) is 0 Å². The molecule has 7 nitrogen and oxygen atoms in total. The first-order chi connectivity index (χ1) is 13.8. The Balaban J connectivity index is 1.35. The summed E-state index contributed by atoms with van der Waals surface area (Å²) in [5.74, 6) is 2.01. The van der Waals surface area contributed by atoms with Crippen molar-refractivity contribution in [2.75, 3.05) is 20.2 Å². The zero-order valence-electron chi connectivity index (χ0n) is 16.1. The minimum atomic E-state index is 0.126. The number of benzene rings is 1. The van der Waals surface area contributed by atoms with Crippen LogP contribution >= 0.6 is 0 Å². The lowest BCUT2D eigenvalue weighted by Crippen LogP contribution is -2.41. The van der Waals surface area contributed by atoms with E-state index in [0.717, 1.165) is 43.4 Å². The van der Waals surface area contributed by atoms with Gasteiger partial charge in [0, 0.05) is 32.3 Å². The molecule has 0 spiro atoms. The van der Waals surface area contributed by atoms with Crippen LogP contribution in [0, 0.1) is 5.92 Å². The van der Waals surface area contributed by atoms with Gasteiger partial charge in [0.05, 0.1) is 12.6 Å². The van der Waals surface area contributed by atoms with E-state index in [9.17, 15) is 0 Å². The molecule has 28 heavy (non-hydrogen) atoms. The second kappa shape index (κ2) is 8.84. The summed E-state index contributed by atoms with van der Waals surface area (Å²) < 4.78 is 8.06. The van der Waals surface area contributed by atoms with Gasteiger partial charge in [0.15, 0.2) is 17.4 Å². The van der Waals surface area contributed by atoms with E-state index in [0.29, 0.717) is 12.5 Å². The van der Waals surface area contributed by atoms with Gasteiger partial charge in [-0.2, -0.15) is 0 Å². The number of hydrogen-bond donors (Lipinski definition) is 2. The number of nitrogens with one attached hydrogen (secondary N) is 2. The lowest BCUT2D eigenvalue weighted by atomic mass is 9.89. The van der Waals surface area contributed by atoms with E-state index in [-0.39, 0.29) is 6.10 Å². The van der Waals surface area contributed by atoms with Crippen LogP contribution in [-0.2, 0) is 11.3 Å². The fourth-order valence-electron chi connectivity index (χ4n) is 3.69. The Morgan fingerprint density at radius 1 is 1.14 bits per heavy atom. The van der Waals surface area contributed by atoms with Gasteiger partial charge in [-0.25, -0.2) is 0 Å². The van der Waals surface area contributed by atoms with Crippen LogP contribution in [-0.4, -0.2) is 40.8 Å². The third kappa shape index (κ3) is 4.14. The molecular formula is C21H26N6O. The van der Waals surface area contributed by atoms with Gasteiger partial charge in [0.25, 0.3) is 0 Å². The van der Waals surface area contributed by atoms with Gasteiger partial charge in [-0.3, -0.25) is 9.39 Å². The van der Waals surface area contributed by atoms with Crippen molar-refractivity contribution >= 4 is 11.6 Å². The van der Waals surface area contributed by atoms with Crippen molar-refractivity contribution < 1.29 is 4.74 Å². The van der Waals surface area contributed by atoms with Crippen molar-refractivity contribution in [2.45, 2.75) is 25.5 Å². The standard InChI is InChI=1S/C21H26N6O/c1-22-21(24-15-19-26-25-18-11-5-6-12-27(18)19)23-14-17-10-7-13-28-20(17)16-8-3-2-4-9-16/h2-6,8-9,11-12,17,20H,7,10,13-15H2,1H3,(H2,22,23,24). The van der Waals surface area contributed by atoms with Crippen molar-refractivity contribution in [3.8, 4) is 0 Å². The first-order valence-electron chi connectivity index (χ1n) is 9.75. The van der Waals surface area contributed by atoms with Crippen LogP contribution in [0.3, 0.4) is 0 Å². The van der Waals surface area contributed by atoms with Gasteiger partial charge in [-0.15, -0.1) is 10.2 Å². The van der Waals surface area contributed by atoms with Crippen LogP contribution in [0.5, 0.6) is 0 Å². The largest absolute Gasteiger partial charge is 0.373 e. The molecule has 0 saturated carbocycles. The first-order valence-corrected chi connectivity index (χ1v) is 9.75. The highest BCUT2D eigenvalue weighted by Crippen LogP contribution is 2.32. The zero-order valence-corrected chi connectivity index (χ0v) is 16.1. The fraction of sp³-hybridized carbons (Fsp3) is 0.381. The maximum Gasteiger partial charge on any atom is 0.191 e. The van der Waals surface area contributed by atoms with Crippen molar-refractivity contribution in [2.24, 2.45) is 10.9 Å². The van der Waals surface area contributed by atoms with Crippen molar-refractivity contribution in [1.29, 1.82) is 0 Å². The molecular weight excluding hydrogens is 352 g/mol. The third-order valence-corrected chi connectivity index (χ3v) is 5.13. The van der Waals surface area contributed by atoms with Gasteiger partial charge < -0.3 is 15.4 Å². The normalized spacial score (nSPS) is 20.2. The molecule has 1 aliphatic rings. The van der Waals surface area contributed by atoms with Crippen LogP contribution in [0.15, 0.2) is 59.7 Å². The van der Waals surface area contributed by atoms with Gasteiger partial charge in [0.2, 0.25) is 0 Å². The Morgan fingerprint density at radius 2 is 2.00 bits per heavy atom. The lowest BCUT2D eigenvalue weighted by Gasteiger charge is -2.32. The van der Waals surface area contributed by atoms with Crippen LogP contribution in [0.1, 0.15) is 30.3 Å². The smallest absolute Gasteiger partial charge is 0.191 e. The molecule has 2 atom stereocenters. The van der Waals surface area contributed by atoms with Crippen LogP contribution in [0.2, 0.25) is 0 Å². The lowest BCUT2D eigenvalue weighted by molar-refractivity contribution is -0.0265. The molecule has 2 N–H and O–H groups in total. The van der Waals surface area contributed by atoms with E-state index in [1.165, 1.54) is 5.56 Å². The molecule has 3 heterocycles. The summed E-state index contributed by atoms with van der Waals surface area (Å²) in [4.78, 5) is 4.35. The van der Waals surface area contributed by atoms with Crippen LogP contribution < -0.4 is 10.6 Å². The molecule has 1 aromatic carbocycles. The highest BCUT2D eigenvalue weighted by Gasteiger charge is 2.27. The quantitative estimate of drug-likeness (QED) is 0.527.